The summed E-state index contributed by atoms with van der Waals surface area (Å²) < 4.78 is 16.7. The molecule has 0 aliphatic rings. The second-order valence-electron chi connectivity index (χ2n) is 16.7. The molecular weight excluding hydrogens is 709 g/mol. The van der Waals surface area contributed by atoms with E-state index in [1.54, 1.807) is 0 Å². The maximum atomic E-state index is 12.7. The first-order valence-corrected chi connectivity index (χ1v) is 24.8. The molecule has 6 nitrogen and oxygen atoms in total. The molecule has 0 N–H and O–H groups in total. The van der Waals surface area contributed by atoms with Crippen LogP contribution in [-0.2, 0) is 28.6 Å². The van der Waals surface area contributed by atoms with Gasteiger partial charge in [-0.1, -0.05) is 206 Å². The number of carbonyl (C=O) groups excluding carboxylic acids is 3. The van der Waals surface area contributed by atoms with E-state index < -0.39 is 6.10 Å². The molecule has 57 heavy (non-hydrogen) atoms. The molecule has 0 rings (SSSR count). The molecule has 0 saturated heterocycles. The highest BCUT2D eigenvalue weighted by molar-refractivity contribution is 5.71. The second-order valence-corrected chi connectivity index (χ2v) is 16.7. The van der Waals surface area contributed by atoms with Crippen LogP contribution in [-0.4, -0.2) is 37.2 Å². The number of esters is 3. The second kappa shape index (κ2) is 46.6. The number of hydrogen-bond donors (Lipinski definition) is 0. The molecular formula is C51H94O6. The topological polar surface area (TPSA) is 78.9 Å². The maximum absolute atomic E-state index is 12.7. The van der Waals surface area contributed by atoms with E-state index >= 15 is 0 Å². The Bertz CT molecular complexity index is 927. The number of carbonyl (C=O) groups is 3. The summed E-state index contributed by atoms with van der Waals surface area (Å²) in [5, 5.41) is 0. The minimum absolute atomic E-state index is 0.0775. The molecule has 1 unspecified atom stereocenters. The predicted octanol–water partition coefficient (Wildman–Crippen LogP) is 16.0. The molecule has 0 aliphatic carbocycles. The highest BCUT2D eigenvalue weighted by Gasteiger charge is 2.19. The molecule has 0 fully saturated rings. The highest BCUT2D eigenvalue weighted by atomic mass is 16.6. The largest absolute Gasteiger partial charge is 0.462 e. The smallest absolute Gasteiger partial charge is 0.306 e. The number of ether oxygens (including phenoxy) is 3. The van der Waals surface area contributed by atoms with Crippen LogP contribution in [0.1, 0.15) is 265 Å². The first kappa shape index (κ1) is 54.9. The lowest BCUT2D eigenvalue weighted by molar-refractivity contribution is -0.167. The number of hydrogen-bond acceptors (Lipinski definition) is 6. The van der Waals surface area contributed by atoms with E-state index in [0.717, 1.165) is 89.9 Å². The van der Waals surface area contributed by atoms with Crippen molar-refractivity contribution in [3.63, 3.8) is 0 Å². The van der Waals surface area contributed by atoms with Gasteiger partial charge in [-0.15, -0.1) is 0 Å². The Hall–Kier alpha value is -2.11. The molecule has 6 heteroatoms. The zero-order valence-electron chi connectivity index (χ0n) is 38.1. The summed E-state index contributed by atoms with van der Waals surface area (Å²) in [7, 11) is 0. The number of allylic oxidation sites excluding steroid dienone is 4. The van der Waals surface area contributed by atoms with Crippen molar-refractivity contribution in [2.24, 2.45) is 0 Å². The van der Waals surface area contributed by atoms with E-state index in [-0.39, 0.29) is 31.1 Å². The van der Waals surface area contributed by atoms with Gasteiger partial charge < -0.3 is 14.2 Å². The summed E-state index contributed by atoms with van der Waals surface area (Å²) in [5.74, 6) is -0.898. The lowest BCUT2D eigenvalue weighted by atomic mass is 10.0. The molecule has 0 spiro atoms. The Kier molecular flexibility index (Phi) is 44.9. The van der Waals surface area contributed by atoms with Crippen molar-refractivity contribution < 1.29 is 28.6 Å². The normalized spacial score (nSPS) is 12.1. The summed E-state index contributed by atoms with van der Waals surface area (Å²) in [6.45, 7) is 6.59. The predicted molar refractivity (Wildman–Crippen MR) is 243 cm³/mol. The van der Waals surface area contributed by atoms with Crippen molar-refractivity contribution >= 4 is 17.9 Å². The maximum Gasteiger partial charge on any atom is 0.306 e. The van der Waals surface area contributed by atoms with E-state index in [1.165, 1.54) is 135 Å². The van der Waals surface area contributed by atoms with E-state index in [1.807, 2.05) is 0 Å². The molecule has 0 amide bonds. The van der Waals surface area contributed by atoms with Gasteiger partial charge in [0.05, 0.1) is 0 Å². The third-order valence-corrected chi connectivity index (χ3v) is 10.9. The Balaban J connectivity index is 4.35. The lowest BCUT2D eigenvalue weighted by Gasteiger charge is -2.18. The van der Waals surface area contributed by atoms with Gasteiger partial charge in [0, 0.05) is 19.3 Å². The average Bonchev–Trinajstić information content (AvgIpc) is 3.21. The van der Waals surface area contributed by atoms with Gasteiger partial charge in [-0.2, -0.15) is 0 Å². The molecule has 1 atom stereocenters. The monoisotopic (exact) mass is 803 g/mol. The van der Waals surface area contributed by atoms with Gasteiger partial charge in [-0.3, -0.25) is 14.4 Å². The fourth-order valence-electron chi connectivity index (χ4n) is 7.12. The molecule has 0 heterocycles. The van der Waals surface area contributed by atoms with Crippen LogP contribution < -0.4 is 0 Å². The van der Waals surface area contributed by atoms with E-state index in [4.69, 9.17) is 14.2 Å². The molecule has 0 aromatic rings. The van der Waals surface area contributed by atoms with Crippen LogP contribution in [0, 0.1) is 0 Å². The van der Waals surface area contributed by atoms with E-state index in [9.17, 15) is 14.4 Å². The fraction of sp³-hybridized carbons (Fsp3) is 0.863. The van der Waals surface area contributed by atoms with E-state index in [0.29, 0.717) is 19.3 Å². The van der Waals surface area contributed by atoms with Crippen LogP contribution in [0.3, 0.4) is 0 Å². The standard InChI is InChI=1S/C51H94O6/c1-4-7-10-13-16-19-22-24-26-28-29-32-35-38-41-44-50(53)56-47-48(46-55-49(52)43-40-37-34-31-21-18-15-12-9-6-3)57-51(54)45-42-39-36-33-30-27-25-23-20-17-14-11-8-5-2/h15,18,27,30,48H,4-14,16-17,19-26,28-29,31-47H2,1-3H3/b18-15-,30-27-. The van der Waals surface area contributed by atoms with Crippen LogP contribution >= 0.6 is 0 Å². The van der Waals surface area contributed by atoms with Crippen molar-refractivity contribution in [2.45, 2.75) is 271 Å². The Morgan fingerprint density at radius 3 is 0.947 bits per heavy atom. The van der Waals surface area contributed by atoms with Gasteiger partial charge in [-0.05, 0) is 64.2 Å². The fourth-order valence-corrected chi connectivity index (χ4v) is 7.12. The summed E-state index contributed by atoms with van der Waals surface area (Å²) >= 11 is 0. The van der Waals surface area contributed by atoms with Gasteiger partial charge >= 0.3 is 17.9 Å². The first-order valence-electron chi connectivity index (χ1n) is 24.8. The van der Waals surface area contributed by atoms with E-state index in [2.05, 4.69) is 45.1 Å². The Labute approximate surface area is 353 Å². The third kappa shape index (κ3) is 44.8. The number of rotatable bonds is 45. The minimum atomic E-state index is -0.777. The lowest BCUT2D eigenvalue weighted by Crippen LogP contribution is -2.30. The quantitative estimate of drug-likeness (QED) is 0.0264. The highest BCUT2D eigenvalue weighted by Crippen LogP contribution is 2.15. The van der Waals surface area contributed by atoms with Gasteiger partial charge in [0.15, 0.2) is 6.10 Å². The minimum Gasteiger partial charge on any atom is -0.462 e. The molecule has 334 valence electrons. The summed E-state index contributed by atoms with van der Waals surface area (Å²) in [6.07, 6.45) is 51.6. The average molecular weight is 803 g/mol. The molecule has 0 radical (unpaired) electrons. The summed E-state index contributed by atoms with van der Waals surface area (Å²) in [4.78, 5) is 37.8. The molecule has 0 bridgehead atoms. The van der Waals surface area contributed by atoms with Crippen LogP contribution in [0.15, 0.2) is 24.3 Å². The molecule has 0 saturated carbocycles. The molecule has 0 aliphatic heterocycles. The van der Waals surface area contributed by atoms with Crippen molar-refractivity contribution in [2.75, 3.05) is 13.2 Å². The molecule has 0 aromatic carbocycles. The van der Waals surface area contributed by atoms with Crippen LogP contribution in [0.5, 0.6) is 0 Å². The van der Waals surface area contributed by atoms with Crippen LogP contribution in [0.4, 0.5) is 0 Å². The van der Waals surface area contributed by atoms with Crippen LogP contribution in [0.25, 0.3) is 0 Å². The van der Waals surface area contributed by atoms with Crippen molar-refractivity contribution in [1.29, 1.82) is 0 Å². The van der Waals surface area contributed by atoms with Crippen molar-refractivity contribution in [3.8, 4) is 0 Å². The SMILES string of the molecule is CCCC/C=C\CCCCCCC(=O)OCC(COC(=O)CCCCCCCCCCCCCCCCC)OC(=O)CCCCC/C=C\CCCCCCCCC. The molecule has 0 aromatic heterocycles. The van der Waals surface area contributed by atoms with Gasteiger partial charge in [0.1, 0.15) is 13.2 Å². The van der Waals surface area contributed by atoms with Gasteiger partial charge in [0.2, 0.25) is 0 Å². The summed E-state index contributed by atoms with van der Waals surface area (Å²) in [6, 6.07) is 0. The zero-order valence-corrected chi connectivity index (χ0v) is 38.1. The number of unbranched alkanes of at least 4 members (excludes halogenated alkanes) is 30. The zero-order chi connectivity index (χ0) is 41.5. The van der Waals surface area contributed by atoms with Crippen molar-refractivity contribution in [3.05, 3.63) is 24.3 Å². The van der Waals surface area contributed by atoms with Crippen LogP contribution in [0.2, 0.25) is 0 Å². The Morgan fingerprint density at radius 1 is 0.333 bits per heavy atom. The first-order chi connectivity index (χ1) is 28.0. The van der Waals surface area contributed by atoms with Gasteiger partial charge in [-0.25, -0.2) is 0 Å². The van der Waals surface area contributed by atoms with Gasteiger partial charge in [0.25, 0.3) is 0 Å². The Morgan fingerprint density at radius 2 is 0.596 bits per heavy atom. The summed E-state index contributed by atoms with van der Waals surface area (Å²) in [5.41, 5.74) is 0. The third-order valence-electron chi connectivity index (χ3n) is 10.9. The van der Waals surface area contributed by atoms with Crippen molar-refractivity contribution in [1.82, 2.24) is 0 Å².